The highest BCUT2D eigenvalue weighted by atomic mass is 31.2. The van der Waals surface area contributed by atoms with Crippen LogP contribution in [0.1, 0.15) is 116 Å². The molecule has 0 aliphatic carbocycles. The molecule has 3 rings (SSSR count). The fourth-order valence-corrected chi connectivity index (χ4v) is 7.10. The van der Waals surface area contributed by atoms with Crippen molar-refractivity contribution in [1.29, 1.82) is 0 Å². The zero-order valence-electron chi connectivity index (χ0n) is 29.7. The van der Waals surface area contributed by atoms with Gasteiger partial charge in [-0.05, 0) is 25.0 Å². The first-order chi connectivity index (χ1) is 23.9. The van der Waals surface area contributed by atoms with Crippen LogP contribution < -0.4 is 16.0 Å². The second-order valence-electron chi connectivity index (χ2n) is 12.7. The lowest BCUT2D eigenvalue weighted by Crippen LogP contribution is -2.23. The van der Waals surface area contributed by atoms with Crippen LogP contribution >= 0.6 is 7.60 Å². The minimum Gasteiger partial charge on any atom is -0.423 e. The minimum atomic E-state index is -3.74. The first-order valence-corrected chi connectivity index (χ1v) is 20.2. The van der Waals surface area contributed by atoms with E-state index in [1.165, 1.54) is 89.9 Å². The Kier molecular flexibility index (Phi) is 20.3. The van der Waals surface area contributed by atoms with Gasteiger partial charge in [0.15, 0.2) is 17.8 Å². The molecule has 0 spiro atoms. The maximum Gasteiger partial charge on any atom is 0.404 e. The molecule has 0 aliphatic rings. The quantitative estimate of drug-likeness (QED) is 0.0451. The Bertz CT molecular complexity index is 1330. The van der Waals surface area contributed by atoms with E-state index in [9.17, 15) is 9.67 Å². The number of anilines is 2. The van der Waals surface area contributed by atoms with Gasteiger partial charge in [-0.3, -0.25) is 4.52 Å². The van der Waals surface area contributed by atoms with Gasteiger partial charge < -0.3 is 35.1 Å². The van der Waals surface area contributed by atoms with Crippen molar-refractivity contribution in [3.63, 3.8) is 0 Å². The number of nitrogen functional groups attached to an aromatic ring is 2. The molecule has 3 aromatic rings. The second-order valence-corrected chi connectivity index (χ2v) is 14.7. The fourth-order valence-electron chi connectivity index (χ4n) is 5.73. The standard InChI is InChI=1S/C36H61N6O6P/c1-2-3-4-5-6-7-8-9-10-11-12-13-14-15-16-20-25-45-26-27-47-49(44,48-31-21-18-17-19-22-31)30-46-32(23-24-43)28-42-29-39-33-34(37)40-36(38)41-35(33)42/h17-19,21-22,29,32,43H,2-16,20,23-28,30H2,1H3,(H4,37,38,40,41). The Morgan fingerprint density at radius 1 is 0.816 bits per heavy atom. The van der Waals surface area contributed by atoms with Gasteiger partial charge in [0.25, 0.3) is 0 Å². The average Bonchev–Trinajstić information content (AvgIpc) is 3.49. The summed E-state index contributed by atoms with van der Waals surface area (Å²) in [6.07, 6.45) is 22.2. The van der Waals surface area contributed by atoms with Crippen LogP contribution in [0.2, 0.25) is 0 Å². The number of benzene rings is 1. The monoisotopic (exact) mass is 704 g/mol. The van der Waals surface area contributed by atoms with E-state index >= 15 is 0 Å². The maximum atomic E-state index is 13.8. The lowest BCUT2D eigenvalue weighted by atomic mass is 10.0. The number of unbranched alkanes of at least 4 members (excludes halogenated alkanes) is 15. The molecule has 2 unspecified atom stereocenters. The summed E-state index contributed by atoms with van der Waals surface area (Å²) >= 11 is 0. The predicted octanol–water partition coefficient (Wildman–Crippen LogP) is 8.28. The number of nitrogens with zero attached hydrogens (tertiary/aromatic N) is 4. The highest BCUT2D eigenvalue weighted by molar-refractivity contribution is 7.54. The summed E-state index contributed by atoms with van der Waals surface area (Å²) in [6, 6.07) is 8.85. The van der Waals surface area contributed by atoms with E-state index in [4.69, 9.17) is 30.0 Å². The molecule has 276 valence electrons. The van der Waals surface area contributed by atoms with Crippen molar-refractivity contribution in [2.45, 2.75) is 129 Å². The van der Waals surface area contributed by atoms with Crippen molar-refractivity contribution in [1.82, 2.24) is 19.5 Å². The number of hydrogen-bond donors (Lipinski definition) is 3. The molecule has 49 heavy (non-hydrogen) atoms. The van der Waals surface area contributed by atoms with E-state index in [1.807, 2.05) is 6.07 Å². The Labute approximate surface area is 293 Å². The lowest BCUT2D eigenvalue weighted by molar-refractivity contribution is 0.0378. The molecule has 12 nitrogen and oxygen atoms in total. The number of para-hydroxylation sites is 1. The SMILES string of the molecule is CCCCCCCCCCCCCCCCCCOCCOP(=O)(COC(CCO)Cn1cnc2c(N)nc(N)nc21)Oc1ccccc1. The second kappa shape index (κ2) is 24.4. The van der Waals surface area contributed by atoms with Gasteiger partial charge in [0, 0.05) is 13.2 Å². The topological polar surface area (TPSA) is 170 Å². The van der Waals surface area contributed by atoms with Gasteiger partial charge >= 0.3 is 7.60 Å². The van der Waals surface area contributed by atoms with Crippen molar-refractivity contribution in [2.75, 3.05) is 44.2 Å². The third-order valence-corrected chi connectivity index (χ3v) is 10.0. The van der Waals surface area contributed by atoms with Crippen molar-refractivity contribution in [3.8, 4) is 5.75 Å². The van der Waals surface area contributed by atoms with E-state index in [0.717, 1.165) is 12.8 Å². The van der Waals surface area contributed by atoms with Gasteiger partial charge in [0.05, 0.1) is 32.2 Å². The van der Waals surface area contributed by atoms with Crippen LogP contribution in [-0.2, 0) is 25.1 Å². The minimum absolute atomic E-state index is 0.0255. The van der Waals surface area contributed by atoms with Crippen molar-refractivity contribution in [3.05, 3.63) is 36.7 Å². The molecule has 0 saturated carbocycles. The summed E-state index contributed by atoms with van der Waals surface area (Å²) in [7, 11) is -3.74. The van der Waals surface area contributed by atoms with Gasteiger partial charge in [-0.25, -0.2) is 9.55 Å². The van der Waals surface area contributed by atoms with Crippen LogP contribution in [-0.4, -0.2) is 63.5 Å². The number of aliphatic hydroxyl groups excluding tert-OH is 1. The predicted molar refractivity (Wildman–Crippen MR) is 197 cm³/mol. The fraction of sp³-hybridized carbons (Fsp3) is 0.694. The van der Waals surface area contributed by atoms with Crippen LogP contribution in [0.4, 0.5) is 11.8 Å². The maximum absolute atomic E-state index is 13.8. The molecule has 2 heterocycles. The molecule has 0 radical (unpaired) electrons. The summed E-state index contributed by atoms with van der Waals surface area (Å²) in [5.41, 5.74) is 12.6. The average molecular weight is 705 g/mol. The molecule has 2 atom stereocenters. The largest absolute Gasteiger partial charge is 0.423 e. The van der Waals surface area contributed by atoms with Crippen LogP contribution in [0.25, 0.3) is 11.2 Å². The molecule has 13 heteroatoms. The highest BCUT2D eigenvalue weighted by Gasteiger charge is 2.29. The summed E-state index contributed by atoms with van der Waals surface area (Å²) in [5.74, 6) is 0.607. The van der Waals surface area contributed by atoms with Crippen molar-refractivity contribution in [2.24, 2.45) is 0 Å². The van der Waals surface area contributed by atoms with Crippen LogP contribution in [0.3, 0.4) is 0 Å². The molecular weight excluding hydrogens is 643 g/mol. The normalized spacial score (nSPS) is 13.5. The van der Waals surface area contributed by atoms with Gasteiger partial charge in [-0.15, -0.1) is 0 Å². The number of fused-ring (bicyclic) bond motifs is 1. The van der Waals surface area contributed by atoms with E-state index in [1.54, 1.807) is 35.2 Å². The first kappa shape index (κ1) is 40.7. The zero-order chi connectivity index (χ0) is 35.0. The van der Waals surface area contributed by atoms with E-state index < -0.39 is 13.7 Å². The lowest BCUT2D eigenvalue weighted by Gasteiger charge is -2.23. The summed E-state index contributed by atoms with van der Waals surface area (Å²) < 4.78 is 38.9. The van der Waals surface area contributed by atoms with Crippen LogP contribution in [0, 0.1) is 0 Å². The number of aliphatic hydroxyl groups is 1. The van der Waals surface area contributed by atoms with Crippen molar-refractivity contribution < 1.29 is 28.2 Å². The number of aromatic nitrogens is 4. The summed E-state index contributed by atoms with van der Waals surface area (Å²) in [4.78, 5) is 12.5. The van der Waals surface area contributed by atoms with E-state index in [0.29, 0.717) is 30.1 Å². The van der Waals surface area contributed by atoms with Crippen LogP contribution in [0.5, 0.6) is 5.75 Å². The Balaban J connectivity index is 1.31. The summed E-state index contributed by atoms with van der Waals surface area (Å²) in [6.45, 7) is 3.41. The van der Waals surface area contributed by atoms with Crippen LogP contribution in [0.15, 0.2) is 36.7 Å². The number of rotatable bonds is 30. The molecule has 0 amide bonds. The van der Waals surface area contributed by atoms with Crippen molar-refractivity contribution >= 4 is 30.5 Å². The van der Waals surface area contributed by atoms with Gasteiger partial charge in [-0.2, -0.15) is 9.97 Å². The molecule has 5 N–H and O–H groups in total. The van der Waals surface area contributed by atoms with Gasteiger partial charge in [0.1, 0.15) is 11.3 Å². The Morgan fingerprint density at radius 2 is 1.43 bits per heavy atom. The third-order valence-electron chi connectivity index (χ3n) is 8.47. The van der Waals surface area contributed by atoms with E-state index in [-0.39, 0.29) is 44.3 Å². The number of ether oxygens (including phenoxy) is 2. The number of nitrogens with two attached hydrogens (primary N) is 2. The molecule has 0 bridgehead atoms. The molecule has 0 saturated heterocycles. The number of imidazole rings is 1. The molecular formula is C36H61N6O6P. The molecule has 2 aromatic heterocycles. The van der Waals surface area contributed by atoms with Gasteiger partial charge in [-0.1, -0.05) is 121 Å². The number of hydrogen-bond acceptors (Lipinski definition) is 11. The molecule has 1 aromatic carbocycles. The molecule has 0 fully saturated rings. The van der Waals surface area contributed by atoms with E-state index in [2.05, 4.69) is 21.9 Å². The Morgan fingerprint density at radius 3 is 2.04 bits per heavy atom. The third kappa shape index (κ3) is 16.7. The van der Waals surface area contributed by atoms with Gasteiger partial charge in [0.2, 0.25) is 5.95 Å². The zero-order valence-corrected chi connectivity index (χ0v) is 30.6. The highest BCUT2D eigenvalue weighted by Crippen LogP contribution is 2.48. The Hall–Kier alpha value is -2.76. The smallest absolute Gasteiger partial charge is 0.404 e. The first-order valence-electron chi connectivity index (χ1n) is 18.5. The summed E-state index contributed by atoms with van der Waals surface area (Å²) in [5, 5.41) is 9.70. The molecule has 0 aliphatic heterocycles.